The molecule has 0 aromatic heterocycles. The maximum absolute atomic E-state index is 9.24. The van der Waals surface area contributed by atoms with Gasteiger partial charge in [-0.1, -0.05) is 11.6 Å². The minimum absolute atomic E-state index is 0.0919. The molecule has 0 unspecified atom stereocenters. The Hall–Kier alpha value is -0.340. The van der Waals surface area contributed by atoms with E-state index in [2.05, 4.69) is 26.8 Å². The normalized spacial score (nSPS) is 33.4. The topological polar surface area (TPSA) is 29.5 Å². The van der Waals surface area contributed by atoms with Crippen molar-refractivity contribution in [3.05, 3.63) is 11.6 Å². The molecule has 1 fully saturated rings. The number of hydrogen-bond donors (Lipinski definition) is 1. The summed E-state index contributed by atoms with van der Waals surface area (Å²) in [6.45, 7) is 6.29. The Morgan fingerprint density at radius 3 is 2.77 bits per heavy atom. The Balaban J connectivity index is 2.32. The van der Waals surface area contributed by atoms with Gasteiger partial charge in [-0.05, 0) is 40.0 Å². The lowest BCUT2D eigenvalue weighted by Crippen LogP contribution is -2.24. The van der Waals surface area contributed by atoms with Crippen LogP contribution >= 0.6 is 0 Å². The zero-order valence-electron chi connectivity index (χ0n) is 8.84. The van der Waals surface area contributed by atoms with E-state index in [1.54, 1.807) is 0 Å². The van der Waals surface area contributed by atoms with E-state index < -0.39 is 6.29 Å². The second-order valence-electron chi connectivity index (χ2n) is 4.38. The van der Waals surface area contributed by atoms with E-state index in [9.17, 15) is 5.11 Å². The highest BCUT2D eigenvalue weighted by Crippen LogP contribution is 2.32. The van der Waals surface area contributed by atoms with Crippen LogP contribution in [0, 0.1) is 0 Å². The van der Waals surface area contributed by atoms with Gasteiger partial charge in [-0.3, -0.25) is 0 Å². The minimum atomic E-state index is -0.531. The number of aliphatic hydroxyl groups is 1. The molecule has 2 heteroatoms. The first-order chi connectivity index (χ1) is 6.02. The van der Waals surface area contributed by atoms with E-state index in [1.165, 1.54) is 5.57 Å². The van der Waals surface area contributed by atoms with Crippen molar-refractivity contribution in [1.82, 2.24) is 0 Å². The average Bonchev–Trinajstić information content (AvgIpc) is 2.30. The van der Waals surface area contributed by atoms with E-state index in [0.717, 1.165) is 25.7 Å². The summed E-state index contributed by atoms with van der Waals surface area (Å²) >= 11 is 0. The fourth-order valence-electron chi connectivity index (χ4n) is 1.73. The fourth-order valence-corrected chi connectivity index (χ4v) is 1.73. The zero-order valence-corrected chi connectivity index (χ0v) is 8.84. The van der Waals surface area contributed by atoms with Crippen LogP contribution in [0.15, 0.2) is 11.6 Å². The van der Waals surface area contributed by atoms with Gasteiger partial charge in [-0.25, -0.2) is 0 Å². The first kappa shape index (κ1) is 10.7. The van der Waals surface area contributed by atoms with E-state index in [1.807, 2.05) is 0 Å². The lowest BCUT2D eigenvalue weighted by atomic mass is 9.96. The molecule has 0 aromatic rings. The third-order valence-electron chi connectivity index (χ3n) is 2.57. The molecule has 1 saturated heterocycles. The van der Waals surface area contributed by atoms with Crippen LogP contribution in [0.4, 0.5) is 0 Å². The Morgan fingerprint density at radius 1 is 1.62 bits per heavy atom. The van der Waals surface area contributed by atoms with Gasteiger partial charge in [-0.15, -0.1) is 0 Å². The van der Waals surface area contributed by atoms with Crippen molar-refractivity contribution in [1.29, 1.82) is 0 Å². The Bertz CT molecular complexity index is 194. The first-order valence-corrected chi connectivity index (χ1v) is 5.01. The Labute approximate surface area is 80.6 Å². The highest BCUT2D eigenvalue weighted by Gasteiger charge is 2.34. The van der Waals surface area contributed by atoms with Crippen molar-refractivity contribution < 1.29 is 9.84 Å². The summed E-state index contributed by atoms with van der Waals surface area (Å²) in [7, 11) is 0. The molecule has 0 radical (unpaired) electrons. The van der Waals surface area contributed by atoms with E-state index >= 15 is 0 Å². The molecule has 13 heavy (non-hydrogen) atoms. The van der Waals surface area contributed by atoms with Gasteiger partial charge in [0.2, 0.25) is 0 Å². The maximum Gasteiger partial charge on any atom is 0.155 e. The fraction of sp³-hybridized carbons (Fsp3) is 0.818. The molecule has 0 amide bonds. The second kappa shape index (κ2) is 4.25. The molecule has 1 aliphatic rings. The van der Waals surface area contributed by atoms with Crippen LogP contribution in [0.25, 0.3) is 0 Å². The van der Waals surface area contributed by atoms with E-state index in [0.29, 0.717) is 0 Å². The lowest BCUT2D eigenvalue weighted by Gasteiger charge is -2.22. The highest BCUT2D eigenvalue weighted by molar-refractivity contribution is 4.95. The number of ether oxygens (including phenoxy) is 1. The largest absolute Gasteiger partial charge is 0.368 e. The third kappa shape index (κ3) is 3.49. The lowest BCUT2D eigenvalue weighted by molar-refractivity contribution is -0.132. The molecule has 2 atom stereocenters. The van der Waals surface area contributed by atoms with E-state index in [4.69, 9.17) is 4.74 Å². The number of aliphatic hydroxyl groups excluding tert-OH is 1. The summed E-state index contributed by atoms with van der Waals surface area (Å²) < 4.78 is 5.46. The monoisotopic (exact) mass is 184 g/mol. The summed E-state index contributed by atoms with van der Waals surface area (Å²) in [6, 6.07) is 0. The smallest absolute Gasteiger partial charge is 0.155 e. The summed E-state index contributed by atoms with van der Waals surface area (Å²) in [4.78, 5) is 0. The second-order valence-corrected chi connectivity index (χ2v) is 4.38. The van der Waals surface area contributed by atoms with Crippen LogP contribution in [0.3, 0.4) is 0 Å². The molecule has 0 spiro atoms. The van der Waals surface area contributed by atoms with Crippen LogP contribution in [0.2, 0.25) is 0 Å². The van der Waals surface area contributed by atoms with Gasteiger partial charge >= 0.3 is 0 Å². The third-order valence-corrected chi connectivity index (χ3v) is 2.57. The molecule has 2 nitrogen and oxygen atoms in total. The van der Waals surface area contributed by atoms with Gasteiger partial charge in [0.05, 0.1) is 5.60 Å². The van der Waals surface area contributed by atoms with Crippen LogP contribution in [-0.4, -0.2) is 17.0 Å². The standard InChI is InChI=1S/C11H20O2/c1-9(2)5-4-7-11(3)8-6-10(12)13-11/h5,10,12H,4,6-8H2,1-3H3/t10-,11+/m0/s1. The summed E-state index contributed by atoms with van der Waals surface area (Å²) in [5, 5.41) is 9.24. The van der Waals surface area contributed by atoms with Gasteiger partial charge < -0.3 is 9.84 Å². The Kier molecular flexibility index (Phi) is 3.51. The first-order valence-electron chi connectivity index (χ1n) is 5.01. The van der Waals surface area contributed by atoms with Crippen LogP contribution in [-0.2, 0) is 4.74 Å². The van der Waals surface area contributed by atoms with Crippen LogP contribution in [0.1, 0.15) is 46.5 Å². The van der Waals surface area contributed by atoms with Crippen molar-refractivity contribution in [3.8, 4) is 0 Å². The van der Waals surface area contributed by atoms with Gasteiger partial charge in [0.1, 0.15) is 0 Å². The van der Waals surface area contributed by atoms with Gasteiger partial charge in [0, 0.05) is 6.42 Å². The predicted octanol–water partition coefficient (Wildman–Crippen LogP) is 2.62. The molecule has 0 aromatic carbocycles. The van der Waals surface area contributed by atoms with Crippen LogP contribution in [0.5, 0.6) is 0 Å². The molecule has 1 heterocycles. The maximum atomic E-state index is 9.24. The van der Waals surface area contributed by atoms with Gasteiger partial charge in [-0.2, -0.15) is 0 Å². The van der Waals surface area contributed by atoms with Crippen molar-refractivity contribution in [3.63, 3.8) is 0 Å². The van der Waals surface area contributed by atoms with Crippen molar-refractivity contribution in [2.75, 3.05) is 0 Å². The minimum Gasteiger partial charge on any atom is -0.368 e. The van der Waals surface area contributed by atoms with Gasteiger partial charge in [0.15, 0.2) is 6.29 Å². The number of rotatable bonds is 3. The van der Waals surface area contributed by atoms with E-state index in [-0.39, 0.29) is 5.60 Å². The highest BCUT2D eigenvalue weighted by atomic mass is 16.6. The summed E-state index contributed by atoms with van der Waals surface area (Å²) in [5.74, 6) is 0. The molecule has 0 aliphatic carbocycles. The van der Waals surface area contributed by atoms with Gasteiger partial charge in [0.25, 0.3) is 0 Å². The Morgan fingerprint density at radius 2 is 2.31 bits per heavy atom. The average molecular weight is 184 g/mol. The molecular formula is C11H20O2. The molecule has 1 rings (SSSR count). The molecule has 1 aliphatic heterocycles. The van der Waals surface area contributed by atoms with Crippen molar-refractivity contribution >= 4 is 0 Å². The zero-order chi connectivity index (χ0) is 9.90. The van der Waals surface area contributed by atoms with Crippen LogP contribution < -0.4 is 0 Å². The quantitative estimate of drug-likeness (QED) is 0.683. The summed E-state index contributed by atoms with van der Waals surface area (Å²) in [5.41, 5.74) is 1.26. The molecular weight excluding hydrogens is 164 g/mol. The van der Waals surface area contributed by atoms with Crippen molar-refractivity contribution in [2.24, 2.45) is 0 Å². The molecule has 0 saturated carbocycles. The molecule has 76 valence electrons. The number of hydrogen-bond acceptors (Lipinski definition) is 2. The SMILES string of the molecule is CC(C)=CCC[C@]1(C)CC[C@@H](O)O1. The number of allylic oxidation sites excluding steroid dienone is 2. The molecule has 0 bridgehead atoms. The van der Waals surface area contributed by atoms with Crippen molar-refractivity contribution in [2.45, 2.75) is 58.3 Å². The summed E-state index contributed by atoms with van der Waals surface area (Å²) in [6.07, 6.45) is 5.51. The molecule has 1 N–H and O–H groups in total. The predicted molar refractivity (Wildman–Crippen MR) is 53.4 cm³/mol.